The van der Waals surface area contributed by atoms with Crippen LogP contribution in [0.1, 0.15) is 52.7 Å². The van der Waals surface area contributed by atoms with E-state index >= 15 is 0 Å². The van der Waals surface area contributed by atoms with E-state index in [2.05, 4.69) is 16.3 Å². The van der Waals surface area contributed by atoms with Crippen molar-refractivity contribution in [1.82, 2.24) is 15.1 Å². The molecule has 2 aliphatic heterocycles. The van der Waals surface area contributed by atoms with Gasteiger partial charge in [-0.05, 0) is 56.7 Å². The van der Waals surface area contributed by atoms with E-state index in [4.69, 9.17) is 4.74 Å². The van der Waals surface area contributed by atoms with Gasteiger partial charge in [-0.3, -0.25) is 9.69 Å². The van der Waals surface area contributed by atoms with Crippen molar-refractivity contribution in [2.45, 2.75) is 38.1 Å². The van der Waals surface area contributed by atoms with Crippen molar-refractivity contribution in [3.63, 3.8) is 0 Å². The quantitative estimate of drug-likeness (QED) is 0.794. The highest BCUT2D eigenvalue weighted by Gasteiger charge is 2.32. The first-order chi connectivity index (χ1) is 12.7. The summed E-state index contributed by atoms with van der Waals surface area (Å²) in [4.78, 5) is 30.3. The zero-order chi connectivity index (χ0) is 17.9. The van der Waals surface area contributed by atoms with Crippen molar-refractivity contribution < 1.29 is 14.3 Å². The van der Waals surface area contributed by atoms with E-state index in [0.29, 0.717) is 32.3 Å². The summed E-state index contributed by atoms with van der Waals surface area (Å²) in [6.07, 6.45) is 5.79. The van der Waals surface area contributed by atoms with Crippen LogP contribution in [0.2, 0.25) is 0 Å². The van der Waals surface area contributed by atoms with Gasteiger partial charge in [-0.2, -0.15) is 0 Å². The molecular formula is C19H27N3O3S. The van der Waals surface area contributed by atoms with E-state index in [-0.39, 0.29) is 12.0 Å². The van der Waals surface area contributed by atoms with Crippen LogP contribution in [0.25, 0.3) is 0 Å². The van der Waals surface area contributed by atoms with E-state index in [1.165, 1.54) is 43.6 Å². The molecule has 0 bridgehead atoms. The number of hydrogen-bond donors (Lipinski definition) is 1. The molecule has 3 heterocycles. The smallest absolute Gasteiger partial charge is 0.409 e. The van der Waals surface area contributed by atoms with Gasteiger partial charge in [-0.1, -0.05) is 0 Å². The number of likely N-dealkylation sites (tertiary alicyclic amines) is 1. The summed E-state index contributed by atoms with van der Waals surface area (Å²) in [6, 6.07) is 4.56. The number of rotatable bonds is 7. The predicted molar refractivity (Wildman–Crippen MR) is 100 cm³/mol. The van der Waals surface area contributed by atoms with Gasteiger partial charge in [0.05, 0.1) is 11.5 Å². The first-order valence-corrected chi connectivity index (χ1v) is 10.6. The molecule has 2 saturated heterocycles. The molecule has 1 atom stereocenters. The van der Waals surface area contributed by atoms with Crippen molar-refractivity contribution in [3.8, 4) is 0 Å². The second-order valence-electron chi connectivity index (χ2n) is 7.51. The molecule has 1 N–H and O–H groups in total. The summed E-state index contributed by atoms with van der Waals surface area (Å²) >= 11 is 1.62. The molecule has 3 fully saturated rings. The minimum absolute atomic E-state index is 0.0432. The molecule has 26 heavy (non-hydrogen) atoms. The van der Waals surface area contributed by atoms with Gasteiger partial charge in [0.2, 0.25) is 0 Å². The zero-order valence-electron chi connectivity index (χ0n) is 15.1. The van der Waals surface area contributed by atoms with Crippen LogP contribution < -0.4 is 5.32 Å². The highest BCUT2D eigenvalue weighted by atomic mass is 32.1. The molecule has 0 spiro atoms. The van der Waals surface area contributed by atoms with Crippen LogP contribution in [0, 0.1) is 5.92 Å². The van der Waals surface area contributed by atoms with E-state index < -0.39 is 0 Å². The molecule has 0 aromatic carbocycles. The third kappa shape index (κ3) is 4.20. The van der Waals surface area contributed by atoms with Gasteiger partial charge >= 0.3 is 6.09 Å². The number of carbonyl (C=O) groups excluding carboxylic acids is 2. The molecule has 4 rings (SSSR count). The number of carbonyl (C=O) groups is 2. The fourth-order valence-corrected chi connectivity index (χ4v) is 4.94. The summed E-state index contributed by atoms with van der Waals surface area (Å²) in [5.41, 5.74) is 0. The normalized spacial score (nSPS) is 23.9. The summed E-state index contributed by atoms with van der Waals surface area (Å²) in [7, 11) is 0. The number of cyclic esters (lactones) is 1. The van der Waals surface area contributed by atoms with Gasteiger partial charge in [0.15, 0.2) is 0 Å². The second-order valence-corrected chi connectivity index (χ2v) is 8.62. The summed E-state index contributed by atoms with van der Waals surface area (Å²) in [5.74, 6) is 0.859. The van der Waals surface area contributed by atoms with E-state index in [1.807, 2.05) is 6.07 Å². The first kappa shape index (κ1) is 17.8. The Morgan fingerprint density at radius 2 is 2.12 bits per heavy atom. The van der Waals surface area contributed by atoms with Gasteiger partial charge in [0, 0.05) is 37.1 Å². The Labute approximate surface area is 158 Å². The molecule has 1 aromatic heterocycles. The predicted octanol–water partition coefficient (Wildman–Crippen LogP) is 2.87. The van der Waals surface area contributed by atoms with Crippen LogP contribution in [0.3, 0.4) is 0 Å². The highest BCUT2D eigenvalue weighted by Crippen LogP contribution is 2.39. The zero-order valence-corrected chi connectivity index (χ0v) is 15.9. The lowest BCUT2D eigenvalue weighted by Crippen LogP contribution is -2.42. The molecule has 3 aliphatic rings. The number of hydrogen-bond acceptors (Lipinski definition) is 5. The van der Waals surface area contributed by atoms with Crippen LogP contribution in [-0.4, -0.2) is 61.1 Å². The Kier molecular flexibility index (Phi) is 5.45. The number of thiophene rings is 1. The van der Waals surface area contributed by atoms with E-state index in [9.17, 15) is 9.59 Å². The lowest BCUT2D eigenvalue weighted by atomic mass is 10.2. The van der Waals surface area contributed by atoms with Gasteiger partial charge in [0.1, 0.15) is 0 Å². The average Bonchev–Trinajstić information content (AvgIpc) is 3.12. The maximum absolute atomic E-state index is 12.4. The minimum atomic E-state index is -0.277. The van der Waals surface area contributed by atoms with Crippen molar-refractivity contribution in [3.05, 3.63) is 21.9 Å². The monoisotopic (exact) mass is 377 g/mol. The van der Waals surface area contributed by atoms with Crippen LogP contribution in [0.4, 0.5) is 4.79 Å². The summed E-state index contributed by atoms with van der Waals surface area (Å²) < 4.78 is 5.01. The minimum Gasteiger partial charge on any atom is -0.449 e. The number of amides is 2. The van der Waals surface area contributed by atoms with Crippen molar-refractivity contribution >= 4 is 23.3 Å². The Morgan fingerprint density at radius 1 is 1.23 bits per heavy atom. The van der Waals surface area contributed by atoms with Crippen LogP contribution in [0.15, 0.2) is 12.1 Å². The van der Waals surface area contributed by atoms with Crippen molar-refractivity contribution in [1.29, 1.82) is 0 Å². The largest absolute Gasteiger partial charge is 0.449 e. The highest BCUT2D eigenvalue weighted by molar-refractivity contribution is 7.14. The molecule has 1 aromatic rings. The molecule has 0 unspecified atom stereocenters. The molecule has 1 aliphatic carbocycles. The average molecular weight is 378 g/mol. The molecule has 1 saturated carbocycles. The third-order valence-electron chi connectivity index (χ3n) is 5.46. The molecule has 2 amide bonds. The second kappa shape index (κ2) is 7.96. The van der Waals surface area contributed by atoms with Gasteiger partial charge in [-0.15, -0.1) is 11.3 Å². The first-order valence-electron chi connectivity index (χ1n) is 9.74. The van der Waals surface area contributed by atoms with Crippen LogP contribution >= 0.6 is 11.3 Å². The summed E-state index contributed by atoms with van der Waals surface area (Å²) in [6.45, 7) is 4.57. The van der Waals surface area contributed by atoms with Gasteiger partial charge in [-0.25, -0.2) is 4.79 Å². The van der Waals surface area contributed by atoms with Crippen LogP contribution in [0.5, 0.6) is 0 Å². The Hall–Kier alpha value is -1.60. The SMILES string of the molecule is O=C(NCCN1CCCOC1=O)c1ccc([C@@H]2CCCN2CC2CC2)s1. The number of ether oxygens (including phenoxy) is 1. The lowest BCUT2D eigenvalue weighted by molar-refractivity contribution is 0.0720. The van der Waals surface area contributed by atoms with Gasteiger partial charge < -0.3 is 15.0 Å². The molecular weight excluding hydrogens is 350 g/mol. The maximum atomic E-state index is 12.4. The Balaban J connectivity index is 1.28. The number of nitrogens with one attached hydrogen (secondary N) is 1. The topological polar surface area (TPSA) is 61.9 Å². The fourth-order valence-electron chi connectivity index (χ4n) is 3.84. The van der Waals surface area contributed by atoms with E-state index in [1.54, 1.807) is 16.2 Å². The third-order valence-corrected chi connectivity index (χ3v) is 6.64. The van der Waals surface area contributed by atoms with E-state index in [0.717, 1.165) is 17.2 Å². The van der Waals surface area contributed by atoms with Crippen LogP contribution in [-0.2, 0) is 4.74 Å². The lowest BCUT2D eigenvalue weighted by Gasteiger charge is -2.26. The molecule has 142 valence electrons. The number of nitrogens with zero attached hydrogens (tertiary/aromatic N) is 2. The Morgan fingerprint density at radius 3 is 2.92 bits per heavy atom. The molecule has 7 heteroatoms. The maximum Gasteiger partial charge on any atom is 0.409 e. The van der Waals surface area contributed by atoms with Gasteiger partial charge in [0.25, 0.3) is 5.91 Å². The Bertz CT molecular complexity index is 658. The summed E-state index contributed by atoms with van der Waals surface area (Å²) in [5, 5.41) is 2.93. The van der Waals surface area contributed by atoms with Crippen molar-refractivity contribution in [2.24, 2.45) is 5.92 Å². The molecule has 6 nitrogen and oxygen atoms in total. The standard InChI is InChI=1S/C19H27N3O3S/c23-18(20-8-11-21-10-2-12-25-19(21)24)17-7-6-16(26-17)15-3-1-9-22(15)13-14-4-5-14/h6-7,14-15H,1-5,8-13H2,(H,20,23)/t15-/m0/s1. The molecule has 0 radical (unpaired) electrons. The fraction of sp³-hybridized carbons (Fsp3) is 0.684. The van der Waals surface area contributed by atoms with Crippen molar-refractivity contribution in [2.75, 3.05) is 39.3 Å².